The zero-order valence-corrected chi connectivity index (χ0v) is 13.8. The van der Waals surface area contributed by atoms with Crippen molar-refractivity contribution in [1.29, 1.82) is 0 Å². The zero-order valence-electron chi connectivity index (χ0n) is 12.2. The Bertz CT molecular complexity index is 614. The van der Waals surface area contributed by atoms with Crippen molar-refractivity contribution in [2.45, 2.75) is 26.8 Å². The molecule has 0 aliphatic heterocycles. The van der Waals surface area contributed by atoms with Crippen molar-refractivity contribution < 1.29 is 4.39 Å². The molecule has 0 fully saturated rings. The van der Waals surface area contributed by atoms with E-state index in [1.54, 1.807) is 0 Å². The van der Waals surface area contributed by atoms with Crippen LogP contribution in [0.15, 0.2) is 34.8 Å². The van der Waals surface area contributed by atoms with Crippen molar-refractivity contribution >= 4 is 15.9 Å². The summed E-state index contributed by atoms with van der Waals surface area (Å²) in [6.07, 6.45) is 0. The summed E-state index contributed by atoms with van der Waals surface area (Å²) in [6, 6.07) is 10.1. The lowest BCUT2D eigenvalue weighted by atomic mass is 9.94. The highest BCUT2D eigenvalue weighted by atomic mass is 79.9. The molecule has 1 N–H and O–H groups in total. The fourth-order valence-electron chi connectivity index (χ4n) is 2.54. The largest absolute Gasteiger partial charge is 0.309 e. The third-order valence-electron chi connectivity index (χ3n) is 3.61. The number of hydrogen-bond acceptors (Lipinski definition) is 1. The Morgan fingerprint density at radius 3 is 2.20 bits per heavy atom. The van der Waals surface area contributed by atoms with E-state index in [9.17, 15) is 4.39 Å². The highest BCUT2D eigenvalue weighted by Gasteiger charge is 2.17. The topological polar surface area (TPSA) is 12.0 Å². The molecule has 0 heterocycles. The fourth-order valence-corrected chi connectivity index (χ4v) is 3.03. The van der Waals surface area contributed by atoms with Gasteiger partial charge in [0.25, 0.3) is 0 Å². The van der Waals surface area contributed by atoms with Crippen LogP contribution in [0, 0.1) is 26.6 Å². The summed E-state index contributed by atoms with van der Waals surface area (Å²) < 4.78 is 14.9. The Hall–Kier alpha value is -1.19. The Balaban J connectivity index is 2.55. The van der Waals surface area contributed by atoms with Crippen LogP contribution in [0.2, 0.25) is 0 Å². The molecule has 0 aliphatic rings. The van der Waals surface area contributed by atoms with E-state index >= 15 is 0 Å². The second-order valence-corrected chi connectivity index (χ2v) is 5.96. The third kappa shape index (κ3) is 2.79. The molecule has 0 saturated carbocycles. The highest BCUT2D eigenvalue weighted by molar-refractivity contribution is 9.10. The summed E-state index contributed by atoms with van der Waals surface area (Å²) in [5, 5.41) is 3.32. The van der Waals surface area contributed by atoms with Crippen LogP contribution in [0.1, 0.15) is 33.9 Å². The summed E-state index contributed by atoms with van der Waals surface area (Å²) in [7, 11) is 1.92. The van der Waals surface area contributed by atoms with Crippen LogP contribution < -0.4 is 5.32 Å². The molecule has 0 aromatic heterocycles. The number of hydrogen-bond donors (Lipinski definition) is 1. The third-order valence-corrected chi connectivity index (χ3v) is 4.70. The van der Waals surface area contributed by atoms with Gasteiger partial charge < -0.3 is 5.32 Å². The van der Waals surface area contributed by atoms with Crippen LogP contribution in [0.3, 0.4) is 0 Å². The minimum atomic E-state index is -0.119. The van der Waals surface area contributed by atoms with Gasteiger partial charge >= 0.3 is 0 Å². The summed E-state index contributed by atoms with van der Waals surface area (Å²) in [5.74, 6) is -0.119. The second-order valence-electron chi connectivity index (χ2n) is 5.17. The van der Waals surface area contributed by atoms with Gasteiger partial charge in [-0.05, 0) is 55.6 Å². The maximum Gasteiger partial charge on any atom is 0.129 e. The molecule has 2 aromatic rings. The van der Waals surface area contributed by atoms with Crippen molar-refractivity contribution in [2.24, 2.45) is 0 Å². The molecule has 0 bridgehead atoms. The average Bonchev–Trinajstić information content (AvgIpc) is 2.41. The highest BCUT2D eigenvalue weighted by Crippen LogP contribution is 2.32. The first-order valence-electron chi connectivity index (χ1n) is 6.64. The Morgan fingerprint density at radius 2 is 1.65 bits per heavy atom. The number of nitrogens with one attached hydrogen (secondary N) is 1. The van der Waals surface area contributed by atoms with Crippen molar-refractivity contribution in [2.75, 3.05) is 7.05 Å². The number of benzene rings is 2. The van der Waals surface area contributed by atoms with Gasteiger partial charge in [-0.15, -0.1) is 0 Å². The van der Waals surface area contributed by atoms with Gasteiger partial charge in [0, 0.05) is 4.47 Å². The lowest BCUT2D eigenvalue weighted by molar-refractivity contribution is 0.604. The molecule has 106 valence electrons. The van der Waals surface area contributed by atoms with Crippen molar-refractivity contribution in [1.82, 2.24) is 5.32 Å². The van der Waals surface area contributed by atoms with Crippen LogP contribution in [-0.2, 0) is 0 Å². The van der Waals surface area contributed by atoms with E-state index in [-0.39, 0.29) is 11.9 Å². The van der Waals surface area contributed by atoms with E-state index in [2.05, 4.69) is 40.3 Å². The predicted octanol–water partition coefficient (Wildman–Crippen LogP) is 4.82. The molecule has 0 radical (unpaired) electrons. The first-order chi connectivity index (χ1) is 9.45. The SMILES string of the molecule is CNC(c1cc(C)c(F)c(C)c1)c1cccc(C)c1Br. The first-order valence-corrected chi connectivity index (χ1v) is 7.44. The van der Waals surface area contributed by atoms with E-state index < -0.39 is 0 Å². The fraction of sp³-hybridized carbons (Fsp3) is 0.294. The second kappa shape index (κ2) is 6.06. The van der Waals surface area contributed by atoms with Gasteiger partial charge in [0.1, 0.15) is 5.82 Å². The van der Waals surface area contributed by atoms with Gasteiger partial charge in [-0.3, -0.25) is 0 Å². The normalized spacial score (nSPS) is 12.5. The Kier molecular flexibility index (Phi) is 4.61. The van der Waals surface area contributed by atoms with Gasteiger partial charge in [-0.25, -0.2) is 4.39 Å². The average molecular weight is 336 g/mol. The molecule has 1 nitrogen and oxygen atoms in total. The van der Waals surface area contributed by atoms with E-state index in [4.69, 9.17) is 0 Å². The van der Waals surface area contributed by atoms with E-state index in [1.165, 1.54) is 5.56 Å². The van der Waals surface area contributed by atoms with Crippen molar-refractivity contribution in [3.05, 3.63) is 68.4 Å². The summed E-state index contributed by atoms with van der Waals surface area (Å²) in [4.78, 5) is 0. The van der Waals surface area contributed by atoms with Gasteiger partial charge in [0.15, 0.2) is 0 Å². The minimum Gasteiger partial charge on any atom is -0.309 e. The molecule has 2 aromatic carbocycles. The molecule has 20 heavy (non-hydrogen) atoms. The smallest absolute Gasteiger partial charge is 0.129 e. The Morgan fingerprint density at radius 1 is 1.05 bits per heavy atom. The molecule has 0 saturated heterocycles. The first kappa shape index (κ1) is 15.2. The van der Waals surface area contributed by atoms with Crippen LogP contribution >= 0.6 is 15.9 Å². The van der Waals surface area contributed by atoms with Crippen molar-refractivity contribution in [3.63, 3.8) is 0 Å². The molecule has 2 rings (SSSR count). The Labute approximate surface area is 128 Å². The lowest BCUT2D eigenvalue weighted by Crippen LogP contribution is -2.19. The molecule has 3 heteroatoms. The molecule has 0 spiro atoms. The molecular formula is C17H19BrFN. The molecule has 0 aliphatic carbocycles. The van der Waals surface area contributed by atoms with Gasteiger partial charge in [-0.2, -0.15) is 0 Å². The van der Waals surface area contributed by atoms with Gasteiger partial charge in [-0.1, -0.05) is 46.3 Å². The predicted molar refractivity (Wildman–Crippen MR) is 85.7 cm³/mol. The monoisotopic (exact) mass is 335 g/mol. The molecule has 1 unspecified atom stereocenters. The van der Waals surface area contributed by atoms with Crippen LogP contribution in [0.25, 0.3) is 0 Å². The van der Waals surface area contributed by atoms with Crippen LogP contribution in [0.4, 0.5) is 4.39 Å². The van der Waals surface area contributed by atoms with E-state index in [0.717, 1.165) is 15.6 Å². The quantitative estimate of drug-likeness (QED) is 0.847. The summed E-state index contributed by atoms with van der Waals surface area (Å²) in [5.41, 5.74) is 4.81. The van der Waals surface area contributed by atoms with Crippen LogP contribution in [-0.4, -0.2) is 7.05 Å². The molecule has 0 amide bonds. The zero-order chi connectivity index (χ0) is 14.9. The van der Waals surface area contributed by atoms with E-state index in [1.807, 2.05) is 39.1 Å². The van der Waals surface area contributed by atoms with Crippen LogP contribution in [0.5, 0.6) is 0 Å². The summed E-state index contributed by atoms with van der Waals surface area (Å²) in [6.45, 7) is 5.69. The van der Waals surface area contributed by atoms with Gasteiger partial charge in [0.2, 0.25) is 0 Å². The maximum absolute atomic E-state index is 13.8. The maximum atomic E-state index is 13.8. The molecular weight excluding hydrogens is 317 g/mol. The minimum absolute atomic E-state index is 0.0438. The summed E-state index contributed by atoms with van der Waals surface area (Å²) >= 11 is 3.66. The van der Waals surface area contributed by atoms with Crippen molar-refractivity contribution in [3.8, 4) is 0 Å². The van der Waals surface area contributed by atoms with Gasteiger partial charge in [0.05, 0.1) is 6.04 Å². The number of rotatable bonds is 3. The molecule has 1 atom stereocenters. The number of aryl methyl sites for hydroxylation is 3. The lowest BCUT2D eigenvalue weighted by Gasteiger charge is -2.21. The van der Waals surface area contributed by atoms with E-state index in [0.29, 0.717) is 11.1 Å². The standard InChI is InChI=1S/C17H19BrFN/c1-10-6-5-7-14(15(10)18)17(20-4)13-8-11(2)16(19)12(3)9-13/h5-9,17,20H,1-4H3. The number of halogens is 2.